The summed E-state index contributed by atoms with van der Waals surface area (Å²) < 4.78 is 5.59. The van der Waals surface area contributed by atoms with Gasteiger partial charge in [-0.15, -0.1) is 0 Å². The predicted octanol–water partition coefficient (Wildman–Crippen LogP) is 1.36. The van der Waals surface area contributed by atoms with Gasteiger partial charge in [-0.3, -0.25) is 14.5 Å². The number of rotatable bonds is 2. The third kappa shape index (κ3) is 1.18. The van der Waals surface area contributed by atoms with Crippen molar-refractivity contribution in [2.24, 2.45) is 29.1 Å². The second kappa shape index (κ2) is 3.53. The fraction of sp³-hybridized carbons (Fsp3) is 0.750. The van der Waals surface area contributed by atoms with Crippen molar-refractivity contribution >= 4 is 11.8 Å². The van der Waals surface area contributed by atoms with Gasteiger partial charge in [-0.05, 0) is 42.9 Å². The monoisotopic (exact) mass is 273 g/mol. The van der Waals surface area contributed by atoms with Crippen LogP contribution in [-0.2, 0) is 14.3 Å². The van der Waals surface area contributed by atoms with Crippen LogP contribution in [0.4, 0.5) is 0 Å². The van der Waals surface area contributed by atoms with E-state index in [0.29, 0.717) is 23.8 Å². The van der Waals surface area contributed by atoms with Crippen molar-refractivity contribution in [3.05, 3.63) is 12.2 Å². The van der Waals surface area contributed by atoms with Crippen LogP contribution in [-0.4, -0.2) is 36.0 Å². The fourth-order valence-electron chi connectivity index (χ4n) is 5.31. The van der Waals surface area contributed by atoms with E-state index in [-0.39, 0.29) is 29.8 Å². The molecule has 5 aliphatic rings. The first-order chi connectivity index (χ1) is 9.72. The molecule has 0 radical (unpaired) electrons. The SMILES string of the molecule is O=C1[C@@H]2[C@H](C(=O)N1C[C@H]1CCCO1)[C@H]1C=C[C@H]2C12CC2. The smallest absolute Gasteiger partial charge is 0.233 e. The summed E-state index contributed by atoms with van der Waals surface area (Å²) in [7, 11) is 0. The summed E-state index contributed by atoms with van der Waals surface area (Å²) in [4.78, 5) is 26.9. The maximum Gasteiger partial charge on any atom is 0.233 e. The molecule has 2 aliphatic heterocycles. The average molecular weight is 273 g/mol. The van der Waals surface area contributed by atoms with E-state index in [1.54, 1.807) is 0 Å². The molecular weight excluding hydrogens is 254 g/mol. The molecule has 4 fully saturated rings. The number of ether oxygens (including phenoxy) is 1. The molecule has 2 saturated heterocycles. The first-order valence-electron chi connectivity index (χ1n) is 7.87. The molecule has 5 rings (SSSR count). The topological polar surface area (TPSA) is 46.6 Å². The normalized spacial score (nSPS) is 46.8. The van der Waals surface area contributed by atoms with Crippen LogP contribution in [0.2, 0.25) is 0 Å². The van der Waals surface area contributed by atoms with E-state index in [9.17, 15) is 9.59 Å². The first-order valence-corrected chi connectivity index (χ1v) is 7.87. The molecule has 0 aromatic rings. The van der Waals surface area contributed by atoms with Crippen molar-refractivity contribution in [1.82, 2.24) is 4.90 Å². The standard InChI is InChI=1S/C16H19NO3/c18-14-12-10-3-4-11(16(10)5-6-16)13(12)15(19)17(14)8-9-2-1-7-20-9/h3-4,9-13H,1-2,5-8H2/t9-,10-,11-,12-,13+/m1/s1. The van der Waals surface area contributed by atoms with Crippen molar-refractivity contribution in [3.63, 3.8) is 0 Å². The van der Waals surface area contributed by atoms with Gasteiger partial charge in [-0.25, -0.2) is 0 Å². The molecule has 2 bridgehead atoms. The van der Waals surface area contributed by atoms with Gasteiger partial charge in [0, 0.05) is 6.61 Å². The summed E-state index contributed by atoms with van der Waals surface area (Å²) in [6.45, 7) is 1.25. The third-order valence-electron chi connectivity index (χ3n) is 6.35. The summed E-state index contributed by atoms with van der Waals surface area (Å²) in [6.07, 6.45) is 8.94. The number of imide groups is 1. The van der Waals surface area contributed by atoms with Crippen LogP contribution >= 0.6 is 0 Å². The fourth-order valence-corrected chi connectivity index (χ4v) is 5.31. The van der Waals surface area contributed by atoms with Gasteiger partial charge in [0.05, 0.1) is 24.5 Å². The van der Waals surface area contributed by atoms with Gasteiger partial charge >= 0.3 is 0 Å². The highest BCUT2D eigenvalue weighted by molar-refractivity contribution is 6.06. The quantitative estimate of drug-likeness (QED) is 0.564. The van der Waals surface area contributed by atoms with Gasteiger partial charge in [0.15, 0.2) is 0 Å². The van der Waals surface area contributed by atoms with Crippen LogP contribution in [0.5, 0.6) is 0 Å². The molecule has 1 spiro atoms. The zero-order valence-corrected chi connectivity index (χ0v) is 11.5. The second-order valence-corrected chi connectivity index (χ2v) is 7.14. The minimum absolute atomic E-state index is 0.0543. The highest BCUT2D eigenvalue weighted by atomic mass is 16.5. The van der Waals surface area contributed by atoms with Gasteiger partial charge in [-0.1, -0.05) is 12.2 Å². The maximum atomic E-state index is 12.7. The molecule has 0 aromatic carbocycles. The lowest BCUT2D eigenvalue weighted by Crippen LogP contribution is -2.39. The summed E-state index contributed by atoms with van der Waals surface area (Å²) >= 11 is 0. The Kier molecular flexibility index (Phi) is 2.03. The van der Waals surface area contributed by atoms with E-state index < -0.39 is 0 Å². The zero-order valence-electron chi connectivity index (χ0n) is 11.5. The molecule has 0 unspecified atom stereocenters. The number of amides is 2. The summed E-state index contributed by atoms with van der Waals surface area (Å²) in [5, 5.41) is 0. The van der Waals surface area contributed by atoms with E-state index in [1.165, 1.54) is 17.7 Å². The number of fused-ring (bicyclic) bond motifs is 3. The van der Waals surface area contributed by atoms with E-state index in [1.807, 2.05) is 0 Å². The number of carbonyl (C=O) groups excluding carboxylic acids is 2. The minimum atomic E-state index is -0.0543. The number of allylic oxidation sites excluding steroid dienone is 2. The molecular formula is C16H19NO3. The van der Waals surface area contributed by atoms with E-state index >= 15 is 0 Å². The molecule has 5 atom stereocenters. The lowest BCUT2D eigenvalue weighted by molar-refractivity contribution is -0.143. The number of likely N-dealkylation sites (tertiary alicyclic amines) is 1. The van der Waals surface area contributed by atoms with Crippen molar-refractivity contribution in [1.29, 1.82) is 0 Å². The van der Waals surface area contributed by atoms with Gasteiger partial charge in [0.1, 0.15) is 0 Å². The van der Waals surface area contributed by atoms with Crippen LogP contribution in [0.1, 0.15) is 25.7 Å². The van der Waals surface area contributed by atoms with Gasteiger partial charge < -0.3 is 4.74 Å². The van der Waals surface area contributed by atoms with Crippen LogP contribution in [0.25, 0.3) is 0 Å². The van der Waals surface area contributed by atoms with Crippen molar-refractivity contribution in [2.75, 3.05) is 13.2 Å². The number of nitrogens with zero attached hydrogens (tertiary/aromatic N) is 1. The lowest BCUT2D eigenvalue weighted by atomic mass is 9.85. The average Bonchev–Trinajstić information content (AvgIpc) is 2.73. The van der Waals surface area contributed by atoms with Crippen LogP contribution < -0.4 is 0 Å². The Morgan fingerprint density at radius 1 is 1.15 bits per heavy atom. The highest BCUT2D eigenvalue weighted by Crippen LogP contribution is 2.73. The molecule has 2 heterocycles. The molecule has 106 valence electrons. The van der Waals surface area contributed by atoms with Crippen LogP contribution in [0.15, 0.2) is 12.2 Å². The zero-order chi connectivity index (χ0) is 13.5. The van der Waals surface area contributed by atoms with E-state index in [4.69, 9.17) is 4.74 Å². The Hall–Kier alpha value is -1.16. The minimum Gasteiger partial charge on any atom is -0.376 e. The molecule has 2 amide bonds. The Balaban J connectivity index is 1.44. The third-order valence-corrected chi connectivity index (χ3v) is 6.35. The highest BCUT2D eigenvalue weighted by Gasteiger charge is 2.73. The Morgan fingerprint density at radius 3 is 2.30 bits per heavy atom. The second-order valence-electron chi connectivity index (χ2n) is 7.14. The number of carbonyl (C=O) groups is 2. The van der Waals surface area contributed by atoms with E-state index in [2.05, 4.69) is 12.2 Å². The molecule has 0 N–H and O–H groups in total. The van der Waals surface area contributed by atoms with Crippen LogP contribution in [0.3, 0.4) is 0 Å². The molecule has 4 heteroatoms. The predicted molar refractivity (Wildman–Crippen MR) is 70.5 cm³/mol. The van der Waals surface area contributed by atoms with Gasteiger partial charge in [-0.2, -0.15) is 0 Å². The molecule has 2 saturated carbocycles. The Morgan fingerprint density at radius 2 is 1.80 bits per heavy atom. The number of hydrogen-bond donors (Lipinski definition) is 0. The maximum absolute atomic E-state index is 12.7. The molecule has 20 heavy (non-hydrogen) atoms. The molecule has 3 aliphatic carbocycles. The van der Waals surface area contributed by atoms with Crippen LogP contribution in [0, 0.1) is 29.1 Å². The van der Waals surface area contributed by atoms with Crippen molar-refractivity contribution in [2.45, 2.75) is 31.8 Å². The summed E-state index contributed by atoms with van der Waals surface area (Å²) in [5.74, 6) is 0.729. The summed E-state index contributed by atoms with van der Waals surface area (Å²) in [5.41, 5.74) is 0.302. The molecule has 4 nitrogen and oxygen atoms in total. The number of hydrogen-bond acceptors (Lipinski definition) is 3. The largest absolute Gasteiger partial charge is 0.376 e. The first kappa shape index (κ1) is 11.5. The van der Waals surface area contributed by atoms with Crippen molar-refractivity contribution in [3.8, 4) is 0 Å². The molecule has 0 aromatic heterocycles. The Bertz CT molecular complexity index is 496. The Labute approximate surface area is 118 Å². The van der Waals surface area contributed by atoms with Gasteiger partial charge in [0.25, 0.3) is 0 Å². The van der Waals surface area contributed by atoms with E-state index in [0.717, 1.165) is 19.4 Å². The van der Waals surface area contributed by atoms with Gasteiger partial charge in [0.2, 0.25) is 11.8 Å². The van der Waals surface area contributed by atoms with Crippen molar-refractivity contribution < 1.29 is 14.3 Å². The summed E-state index contributed by atoms with van der Waals surface area (Å²) in [6, 6.07) is 0. The lowest BCUT2D eigenvalue weighted by Gasteiger charge is -2.23.